The van der Waals surface area contributed by atoms with Crippen LogP contribution >= 0.6 is 0 Å². The largest absolute Gasteiger partial charge is 0.467 e. The Kier molecular flexibility index (Phi) is 6.41. The summed E-state index contributed by atoms with van der Waals surface area (Å²) >= 11 is 0. The molecule has 30 heavy (non-hydrogen) atoms. The van der Waals surface area contributed by atoms with Crippen LogP contribution in [0.15, 0.2) is 41.0 Å². The lowest BCUT2D eigenvalue weighted by atomic mass is 10.1. The zero-order valence-electron chi connectivity index (χ0n) is 17.7. The fourth-order valence-corrected chi connectivity index (χ4v) is 4.53. The van der Waals surface area contributed by atoms with E-state index in [0.717, 1.165) is 38.6 Å². The third-order valence-electron chi connectivity index (χ3n) is 6.21. The molecule has 4 rings (SSSR count). The van der Waals surface area contributed by atoms with E-state index in [1.807, 2.05) is 4.90 Å². The summed E-state index contributed by atoms with van der Waals surface area (Å²) in [5.41, 5.74) is 3.15. The van der Waals surface area contributed by atoms with Gasteiger partial charge in [-0.25, -0.2) is 0 Å². The fourth-order valence-electron chi connectivity index (χ4n) is 4.53. The van der Waals surface area contributed by atoms with E-state index in [1.54, 1.807) is 12.3 Å². The van der Waals surface area contributed by atoms with Crippen LogP contribution in [0.4, 0.5) is 5.69 Å². The van der Waals surface area contributed by atoms with Crippen molar-refractivity contribution in [2.75, 3.05) is 24.5 Å². The van der Waals surface area contributed by atoms with E-state index in [9.17, 15) is 9.59 Å². The molecule has 160 valence electrons. The van der Waals surface area contributed by atoms with Crippen LogP contribution in [0, 0.1) is 0 Å². The smallest absolute Gasteiger partial charge is 0.254 e. The molecule has 1 N–H and O–H groups in total. The Balaban J connectivity index is 1.31. The lowest BCUT2D eigenvalue weighted by molar-refractivity contribution is -0.130. The monoisotopic (exact) mass is 409 g/mol. The first-order valence-electron chi connectivity index (χ1n) is 11.1. The summed E-state index contributed by atoms with van der Waals surface area (Å²) in [5, 5.41) is 3.00. The van der Waals surface area contributed by atoms with E-state index in [4.69, 9.17) is 4.42 Å². The quantitative estimate of drug-likeness (QED) is 0.708. The van der Waals surface area contributed by atoms with Crippen molar-refractivity contribution in [3.63, 3.8) is 0 Å². The Labute approximate surface area is 178 Å². The zero-order chi connectivity index (χ0) is 20.9. The molecule has 1 atom stereocenters. The predicted octanol–water partition coefficient (Wildman–Crippen LogP) is 3.75. The molecule has 3 heterocycles. The van der Waals surface area contributed by atoms with Crippen molar-refractivity contribution in [2.45, 2.75) is 58.0 Å². The van der Waals surface area contributed by atoms with E-state index in [1.165, 1.54) is 11.3 Å². The summed E-state index contributed by atoms with van der Waals surface area (Å²) in [5.74, 6) is 0.829. The molecule has 1 fully saturated rings. The first kappa shape index (κ1) is 20.5. The van der Waals surface area contributed by atoms with E-state index in [-0.39, 0.29) is 11.8 Å². The van der Waals surface area contributed by atoms with Gasteiger partial charge in [-0.05, 0) is 50.3 Å². The molecule has 0 radical (unpaired) electrons. The van der Waals surface area contributed by atoms with Gasteiger partial charge in [-0.15, -0.1) is 0 Å². The van der Waals surface area contributed by atoms with Gasteiger partial charge in [0.05, 0.1) is 18.4 Å². The molecule has 2 amide bonds. The Hall–Kier alpha value is -2.76. The molecule has 0 aliphatic carbocycles. The minimum Gasteiger partial charge on any atom is -0.467 e. The van der Waals surface area contributed by atoms with Crippen LogP contribution in [0.25, 0.3) is 0 Å². The minimum atomic E-state index is -0.110. The van der Waals surface area contributed by atoms with Crippen molar-refractivity contribution in [3.05, 3.63) is 53.5 Å². The van der Waals surface area contributed by atoms with Crippen molar-refractivity contribution in [1.29, 1.82) is 0 Å². The van der Waals surface area contributed by atoms with Gasteiger partial charge >= 0.3 is 0 Å². The maximum absolute atomic E-state index is 12.7. The highest BCUT2D eigenvalue weighted by molar-refractivity contribution is 5.95. The Bertz CT molecular complexity index is 891. The SMILES string of the molecule is CC1Cc2ccccc2N1Cc1occc1C(=O)NCCCN1CCCCCC1=O. The van der Waals surface area contributed by atoms with Gasteiger partial charge in [-0.2, -0.15) is 0 Å². The summed E-state index contributed by atoms with van der Waals surface area (Å²) in [7, 11) is 0. The first-order chi connectivity index (χ1) is 14.6. The van der Waals surface area contributed by atoms with Gasteiger partial charge < -0.3 is 19.5 Å². The molecule has 2 aromatic rings. The maximum Gasteiger partial charge on any atom is 0.254 e. The standard InChI is InChI=1S/C24H31N3O3/c1-18-16-19-8-4-5-9-21(19)27(18)17-22-20(11-15-30-22)24(29)25-12-7-14-26-13-6-2-3-10-23(26)28/h4-5,8-9,11,15,18H,2-3,6-7,10,12-14,16-17H2,1H3,(H,25,29). The Morgan fingerprint density at radius 2 is 2.07 bits per heavy atom. The van der Waals surface area contributed by atoms with Gasteiger partial charge in [0.25, 0.3) is 5.91 Å². The van der Waals surface area contributed by atoms with Crippen molar-refractivity contribution in [3.8, 4) is 0 Å². The van der Waals surface area contributed by atoms with Crippen LogP contribution in [0.2, 0.25) is 0 Å². The van der Waals surface area contributed by atoms with E-state index in [0.29, 0.717) is 43.4 Å². The average Bonchev–Trinajstić information content (AvgIpc) is 3.27. The summed E-state index contributed by atoms with van der Waals surface area (Å²) in [6.07, 6.45) is 7.22. The van der Waals surface area contributed by atoms with E-state index in [2.05, 4.69) is 41.4 Å². The number of likely N-dealkylation sites (tertiary alicyclic amines) is 1. The first-order valence-corrected chi connectivity index (χ1v) is 11.1. The predicted molar refractivity (Wildman–Crippen MR) is 116 cm³/mol. The normalized spacial score (nSPS) is 19.0. The molecule has 1 aromatic carbocycles. The van der Waals surface area contributed by atoms with Crippen molar-refractivity contribution in [1.82, 2.24) is 10.2 Å². The zero-order valence-corrected chi connectivity index (χ0v) is 17.7. The lowest BCUT2D eigenvalue weighted by Crippen LogP contribution is -2.34. The molecule has 1 aromatic heterocycles. The molecule has 0 spiro atoms. The summed E-state index contributed by atoms with van der Waals surface area (Å²) in [6.45, 7) is 4.88. The van der Waals surface area contributed by atoms with Crippen LogP contribution in [0.5, 0.6) is 0 Å². The van der Waals surface area contributed by atoms with Crippen molar-refractivity contribution < 1.29 is 14.0 Å². The van der Waals surface area contributed by atoms with E-state index < -0.39 is 0 Å². The molecule has 2 aliphatic rings. The van der Waals surface area contributed by atoms with Crippen LogP contribution in [-0.4, -0.2) is 42.4 Å². The second-order valence-electron chi connectivity index (χ2n) is 8.37. The number of rotatable bonds is 7. The highest BCUT2D eigenvalue weighted by Gasteiger charge is 2.28. The number of benzene rings is 1. The third-order valence-corrected chi connectivity index (χ3v) is 6.21. The van der Waals surface area contributed by atoms with Crippen LogP contribution in [0.1, 0.15) is 60.7 Å². The molecule has 0 saturated carbocycles. The fraction of sp³-hybridized carbons (Fsp3) is 0.500. The molecule has 1 saturated heterocycles. The van der Waals surface area contributed by atoms with Crippen LogP contribution < -0.4 is 10.2 Å². The molecule has 6 heteroatoms. The van der Waals surface area contributed by atoms with Gasteiger partial charge in [-0.1, -0.05) is 24.6 Å². The Morgan fingerprint density at radius 1 is 1.20 bits per heavy atom. The molecule has 2 aliphatic heterocycles. The number of amides is 2. The van der Waals surface area contributed by atoms with Crippen molar-refractivity contribution in [2.24, 2.45) is 0 Å². The van der Waals surface area contributed by atoms with Crippen molar-refractivity contribution >= 4 is 17.5 Å². The van der Waals surface area contributed by atoms with Crippen LogP contribution in [0.3, 0.4) is 0 Å². The molecule has 6 nitrogen and oxygen atoms in total. The topological polar surface area (TPSA) is 65.8 Å². The second-order valence-corrected chi connectivity index (χ2v) is 8.37. The second kappa shape index (κ2) is 9.37. The molecular weight excluding hydrogens is 378 g/mol. The maximum atomic E-state index is 12.7. The number of para-hydroxylation sites is 1. The van der Waals surface area contributed by atoms with Gasteiger partial charge in [0.15, 0.2) is 0 Å². The number of fused-ring (bicyclic) bond motifs is 1. The van der Waals surface area contributed by atoms with Gasteiger partial charge in [0, 0.05) is 37.8 Å². The number of nitrogens with one attached hydrogen (secondary N) is 1. The number of hydrogen-bond acceptors (Lipinski definition) is 4. The van der Waals surface area contributed by atoms with E-state index >= 15 is 0 Å². The third kappa shape index (κ3) is 4.53. The number of nitrogens with zero attached hydrogens (tertiary/aromatic N) is 2. The minimum absolute atomic E-state index is 0.110. The van der Waals surface area contributed by atoms with Gasteiger partial charge in [0.1, 0.15) is 5.76 Å². The number of carbonyl (C=O) groups is 2. The van der Waals surface area contributed by atoms with Gasteiger partial charge in [0.2, 0.25) is 5.91 Å². The summed E-state index contributed by atoms with van der Waals surface area (Å²) < 4.78 is 5.69. The average molecular weight is 410 g/mol. The van der Waals surface area contributed by atoms with Crippen LogP contribution in [-0.2, 0) is 17.8 Å². The number of anilines is 1. The number of carbonyl (C=O) groups excluding carboxylic acids is 2. The highest BCUT2D eigenvalue weighted by atomic mass is 16.3. The van der Waals surface area contributed by atoms with Gasteiger partial charge in [-0.3, -0.25) is 9.59 Å². The highest BCUT2D eigenvalue weighted by Crippen LogP contribution is 2.33. The number of hydrogen-bond donors (Lipinski definition) is 1. The number of furan rings is 1. The Morgan fingerprint density at radius 3 is 2.97 bits per heavy atom. The lowest BCUT2D eigenvalue weighted by Gasteiger charge is -2.24. The molecular formula is C24H31N3O3. The molecule has 1 unspecified atom stereocenters. The summed E-state index contributed by atoms with van der Waals surface area (Å²) in [4.78, 5) is 29.0. The summed E-state index contributed by atoms with van der Waals surface area (Å²) in [6, 6.07) is 10.5. The molecule has 0 bridgehead atoms.